The van der Waals surface area contributed by atoms with Crippen molar-refractivity contribution in [3.63, 3.8) is 0 Å². The summed E-state index contributed by atoms with van der Waals surface area (Å²) in [5.41, 5.74) is 10.5. The summed E-state index contributed by atoms with van der Waals surface area (Å²) in [4.78, 5) is 0. The number of nitrogen functional groups attached to an aromatic ring is 1. The Bertz CT molecular complexity index is 789. The number of aromatic nitrogens is 4. The van der Waals surface area contributed by atoms with Crippen molar-refractivity contribution in [2.75, 3.05) is 5.73 Å². The summed E-state index contributed by atoms with van der Waals surface area (Å²) in [6.45, 7) is 4.08. The fourth-order valence-corrected chi connectivity index (χ4v) is 2.52. The second-order valence-electron chi connectivity index (χ2n) is 4.99. The van der Waals surface area contributed by atoms with E-state index in [0.717, 1.165) is 22.4 Å². The van der Waals surface area contributed by atoms with Crippen LogP contribution in [-0.4, -0.2) is 20.2 Å². The van der Waals surface area contributed by atoms with Crippen LogP contribution in [0.1, 0.15) is 11.1 Å². The minimum absolute atomic E-state index is 0.544. The second kappa shape index (κ2) is 5.18. The van der Waals surface area contributed by atoms with Gasteiger partial charge in [-0.15, -0.1) is 5.10 Å². The molecule has 3 rings (SSSR count). The molecule has 1 heterocycles. The minimum atomic E-state index is 0.544. The number of benzene rings is 2. The Morgan fingerprint density at radius 2 is 1.76 bits per heavy atom. The molecule has 0 saturated heterocycles. The predicted octanol–water partition coefficient (Wildman–Crippen LogP) is 3.18. The first kappa shape index (κ1) is 13.6. The molecule has 5 nitrogen and oxygen atoms in total. The number of rotatable bonds is 2. The van der Waals surface area contributed by atoms with Gasteiger partial charge < -0.3 is 5.73 Å². The Balaban J connectivity index is 2.17. The van der Waals surface area contributed by atoms with Crippen LogP contribution in [0.25, 0.3) is 17.1 Å². The molecule has 3 aromatic rings. The maximum absolute atomic E-state index is 6.03. The van der Waals surface area contributed by atoms with Crippen molar-refractivity contribution in [2.45, 2.75) is 13.8 Å². The molecule has 0 radical (unpaired) electrons. The number of anilines is 1. The van der Waals surface area contributed by atoms with E-state index in [9.17, 15) is 0 Å². The van der Waals surface area contributed by atoms with Gasteiger partial charge in [-0.3, -0.25) is 0 Å². The van der Waals surface area contributed by atoms with E-state index in [1.807, 2.05) is 32.0 Å². The molecule has 0 unspecified atom stereocenters. The molecule has 2 aromatic carbocycles. The van der Waals surface area contributed by atoms with E-state index in [1.165, 1.54) is 0 Å². The summed E-state index contributed by atoms with van der Waals surface area (Å²) in [6.07, 6.45) is 0. The lowest BCUT2D eigenvalue weighted by atomic mass is 10.1. The number of aryl methyl sites for hydroxylation is 2. The summed E-state index contributed by atoms with van der Waals surface area (Å²) in [5, 5.41) is 12.5. The van der Waals surface area contributed by atoms with E-state index in [0.29, 0.717) is 16.5 Å². The molecule has 2 N–H and O–H groups in total. The molecule has 0 amide bonds. The highest BCUT2D eigenvalue weighted by molar-refractivity contribution is 6.31. The highest BCUT2D eigenvalue weighted by Crippen LogP contribution is 2.28. The monoisotopic (exact) mass is 299 g/mol. The molecule has 0 aliphatic rings. The lowest BCUT2D eigenvalue weighted by Crippen LogP contribution is -2.02. The quantitative estimate of drug-likeness (QED) is 0.738. The summed E-state index contributed by atoms with van der Waals surface area (Å²) < 4.78 is 1.68. The van der Waals surface area contributed by atoms with Crippen molar-refractivity contribution in [1.82, 2.24) is 20.2 Å². The van der Waals surface area contributed by atoms with Crippen LogP contribution in [0.5, 0.6) is 0 Å². The topological polar surface area (TPSA) is 69.6 Å². The van der Waals surface area contributed by atoms with E-state index in [-0.39, 0.29) is 0 Å². The minimum Gasteiger partial charge on any atom is -0.398 e. The van der Waals surface area contributed by atoms with Crippen molar-refractivity contribution >= 4 is 17.3 Å². The number of nitrogens with two attached hydrogens (primary N) is 1. The van der Waals surface area contributed by atoms with Gasteiger partial charge in [0, 0.05) is 16.3 Å². The van der Waals surface area contributed by atoms with E-state index >= 15 is 0 Å². The van der Waals surface area contributed by atoms with Gasteiger partial charge in [0.25, 0.3) is 0 Å². The summed E-state index contributed by atoms with van der Waals surface area (Å²) in [6, 6.07) is 11.4. The number of hydrogen-bond acceptors (Lipinski definition) is 4. The molecule has 1 aromatic heterocycles. The third-order valence-electron chi connectivity index (χ3n) is 3.18. The van der Waals surface area contributed by atoms with Gasteiger partial charge >= 0.3 is 0 Å². The normalized spacial score (nSPS) is 10.8. The molecule has 0 bridgehead atoms. The third kappa shape index (κ3) is 2.60. The van der Waals surface area contributed by atoms with Crippen molar-refractivity contribution < 1.29 is 0 Å². The highest BCUT2D eigenvalue weighted by Gasteiger charge is 2.14. The average molecular weight is 300 g/mol. The van der Waals surface area contributed by atoms with Crippen LogP contribution in [0.3, 0.4) is 0 Å². The van der Waals surface area contributed by atoms with Gasteiger partial charge in [0.05, 0.1) is 5.69 Å². The van der Waals surface area contributed by atoms with Crippen LogP contribution in [-0.2, 0) is 0 Å². The zero-order valence-electron chi connectivity index (χ0n) is 11.7. The zero-order valence-corrected chi connectivity index (χ0v) is 12.5. The van der Waals surface area contributed by atoms with Crippen molar-refractivity contribution in [2.24, 2.45) is 0 Å². The van der Waals surface area contributed by atoms with Crippen LogP contribution in [0.15, 0.2) is 36.4 Å². The molecule has 106 valence electrons. The zero-order chi connectivity index (χ0) is 15.0. The number of nitrogens with zero attached hydrogens (tertiary/aromatic N) is 4. The molecular formula is C15H14ClN5. The van der Waals surface area contributed by atoms with Crippen LogP contribution in [0.2, 0.25) is 5.02 Å². The Labute approximate surface area is 127 Å². The first-order valence-electron chi connectivity index (χ1n) is 6.47. The summed E-state index contributed by atoms with van der Waals surface area (Å²) in [7, 11) is 0. The van der Waals surface area contributed by atoms with Crippen LogP contribution < -0.4 is 5.73 Å². The first-order chi connectivity index (χ1) is 10.0. The average Bonchev–Trinajstić information content (AvgIpc) is 2.86. The fraction of sp³-hybridized carbons (Fsp3) is 0.133. The van der Waals surface area contributed by atoms with Gasteiger partial charge in [-0.2, -0.15) is 4.68 Å². The van der Waals surface area contributed by atoms with Crippen LogP contribution >= 0.6 is 11.6 Å². The van der Waals surface area contributed by atoms with Gasteiger partial charge in [0.15, 0.2) is 5.82 Å². The molecular weight excluding hydrogens is 286 g/mol. The fourth-order valence-electron chi connectivity index (χ4n) is 2.34. The van der Waals surface area contributed by atoms with Crippen LogP contribution in [0.4, 0.5) is 5.69 Å². The first-order valence-corrected chi connectivity index (χ1v) is 6.85. The van der Waals surface area contributed by atoms with E-state index in [2.05, 4.69) is 21.6 Å². The Morgan fingerprint density at radius 1 is 1.05 bits per heavy atom. The van der Waals surface area contributed by atoms with E-state index in [1.54, 1.807) is 16.8 Å². The Kier molecular flexibility index (Phi) is 3.35. The molecule has 0 atom stereocenters. The number of halogens is 1. The van der Waals surface area contributed by atoms with Crippen molar-refractivity contribution in [3.8, 4) is 17.1 Å². The van der Waals surface area contributed by atoms with E-state index < -0.39 is 0 Å². The largest absolute Gasteiger partial charge is 0.398 e. The molecule has 21 heavy (non-hydrogen) atoms. The van der Waals surface area contributed by atoms with Gasteiger partial charge in [-0.1, -0.05) is 17.7 Å². The SMILES string of the molecule is Cc1cc(C)cc(-n2nnnc2-c2ccc(Cl)cc2N)c1. The maximum atomic E-state index is 6.03. The molecule has 0 fully saturated rings. The van der Waals surface area contributed by atoms with Crippen molar-refractivity contribution in [1.29, 1.82) is 0 Å². The maximum Gasteiger partial charge on any atom is 0.189 e. The van der Waals surface area contributed by atoms with Gasteiger partial charge in [0.2, 0.25) is 0 Å². The predicted molar refractivity (Wildman–Crippen MR) is 83.5 cm³/mol. The molecule has 0 spiro atoms. The molecule has 0 aliphatic carbocycles. The lowest BCUT2D eigenvalue weighted by Gasteiger charge is -2.09. The smallest absolute Gasteiger partial charge is 0.189 e. The second-order valence-corrected chi connectivity index (χ2v) is 5.43. The molecule has 6 heteroatoms. The highest BCUT2D eigenvalue weighted by atomic mass is 35.5. The number of hydrogen-bond donors (Lipinski definition) is 1. The molecule has 0 aliphatic heterocycles. The summed E-state index contributed by atoms with van der Waals surface area (Å²) >= 11 is 5.94. The third-order valence-corrected chi connectivity index (χ3v) is 3.41. The molecule has 0 saturated carbocycles. The number of tetrazole rings is 1. The Hall–Kier alpha value is -2.40. The lowest BCUT2D eigenvalue weighted by molar-refractivity contribution is 0.790. The van der Waals surface area contributed by atoms with Gasteiger partial charge in [-0.05, 0) is 65.7 Å². The van der Waals surface area contributed by atoms with Crippen molar-refractivity contribution in [3.05, 3.63) is 52.5 Å². The standard InChI is InChI=1S/C15H14ClN5/c1-9-5-10(2)7-12(6-9)21-15(18-19-20-21)13-4-3-11(16)8-14(13)17/h3-8H,17H2,1-2H3. The van der Waals surface area contributed by atoms with Crippen LogP contribution in [0, 0.1) is 13.8 Å². The van der Waals surface area contributed by atoms with Gasteiger partial charge in [0.1, 0.15) is 0 Å². The summed E-state index contributed by atoms with van der Waals surface area (Å²) in [5.74, 6) is 0.592. The van der Waals surface area contributed by atoms with E-state index in [4.69, 9.17) is 17.3 Å². The van der Waals surface area contributed by atoms with Gasteiger partial charge in [-0.25, -0.2) is 0 Å². The Morgan fingerprint density at radius 3 is 2.43 bits per heavy atom.